The van der Waals surface area contributed by atoms with E-state index in [1.807, 2.05) is 66.7 Å². The monoisotopic (exact) mass is 744 g/mol. The third-order valence-corrected chi connectivity index (χ3v) is 11.4. The zero-order valence-corrected chi connectivity index (χ0v) is 32.4. The Balaban J connectivity index is 0.997. The van der Waals surface area contributed by atoms with E-state index in [1.165, 1.54) is 38.6 Å². The van der Waals surface area contributed by atoms with E-state index in [1.54, 1.807) is 0 Å². The fourth-order valence-corrected chi connectivity index (χ4v) is 8.31. The number of para-hydroxylation sites is 1. The fourth-order valence-electron chi connectivity index (χ4n) is 8.31. The Hall–Kier alpha value is -7.43. The highest BCUT2D eigenvalue weighted by atomic mass is 15.0. The molecule has 0 radical (unpaired) electrons. The molecule has 0 unspecified atom stereocenters. The highest BCUT2D eigenvalue weighted by molar-refractivity contribution is 5.97. The van der Waals surface area contributed by atoms with E-state index < -0.39 is 0 Å². The van der Waals surface area contributed by atoms with Crippen molar-refractivity contribution in [1.82, 2.24) is 15.0 Å². The van der Waals surface area contributed by atoms with Gasteiger partial charge in [-0.05, 0) is 97.8 Å². The first-order chi connectivity index (χ1) is 28.4. The van der Waals surface area contributed by atoms with Crippen LogP contribution < -0.4 is 5.32 Å². The highest BCUT2D eigenvalue weighted by Gasteiger charge is 2.36. The third-order valence-electron chi connectivity index (χ3n) is 11.4. The van der Waals surface area contributed by atoms with Gasteiger partial charge in [-0.15, -0.1) is 0 Å². The summed E-state index contributed by atoms with van der Waals surface area (Å²) in [5, 5.41) is 6.03. The number of hydrogen-bond donors (Lipinski definition) is 1. The van der Waals surface area contributed by atoms with Gasteiger partial charge >= 0.3 is 0 Å². The minimum absolute atomic E-state index is 0.251. The lowest BCUT2D eigenvalue weighted by atomic mass is 9.81. The lowest BCUT2D eigenvalue weighted by Gasteiger charge is -2.22. The molecular formula is C54H40N4. The van der Waals surface area contributed by atoms with E-state index in [0.29, 0.717) is 17.5 Å². The van der Waals surface area contributed by atoms with Gasteiger partial charge in [0, 0.05) is 39.0 Å². The Morgan fingerprint density at radius 3 is 1.55 bits per heavy atom. The van der Waals surface area contributed by atoms with Crippen molar-refractivity contribution in [2.24, 2.45) is 0 Å². The van der Waals surface area contributed by atoms with Gasteiger partial charge in [0.15, 0.2) is 17.5 Å². The molecular weight excluding hydrogens is 705 g/mol. The number of nitrogens with zero attached hydrogens (tertiary/aromatic N) is 3. The summed E-state index contributed by atoms with van der Waals surface area (Å²) in [4.78, 5) is 15.0. The van der Waals surface area contributed by atoms with Gasteiger partial charge in [-0.2, -0.15) is 0 Å². The Bertz CT molecular complexity index is 2950. The first kappa shape index (κ1) is 35.0. The molecule has 0 aliphatic heterocycles. The molecule has 9 aromatic rings. The summed E-state index contributed by atoms with van der Waals surface area (Å²) in [7, 11) is 0. The van der Waals surface area contributed by atoms with Crippen LogP contribution in [0.3, 0.4) is 0 Å². The van der Waals surface area contributed by atoms with E-state index in [2.05, 4.69) is 147 Å². The van der Waals surface area contributed by atoms with Crippen LogP contribution in [0.2, 0.25) is 0 Å². The maximum atomic E-state index is 5.03. The molecule has 10 rings (SSSR count). The van der Waals surface area contributed by atoms with E-state index >= 15 is 0 Å². The molecule has 0 saturated heterocycles. The van der Waals surface area contributed by atoms with E-state index in [-0.39, 0.29) is 5.41 Å². The molecule has 1 N–H and O–H groups in total. The Morgan fingerprint density at radius 2 is 0.931 bits per heavy atom. The molecule has 1 aliphatic rings. The molecule has 1 aromatic heterocycles. The van der Waals surface area contributed by atoms with Crippen LogP contribution in [0.25, 0.3) is 72.8 Å². The van der Waals surface area contributed by atoms with Crippen molar-refractivity contribution in [2.45, 2.75) is 19.3 Å². The van der Waals surface area contributed by atoms with Gasteiger partial charge in [0.1, 0.15) is 0 Å². The number of benzene rings is 8. The molecule has 0 spiro atoms. The van der Waals surface area contributed by atoms with Crippen molar-refractivity contribution < 1.29 is 0 Å². The van der Waals surface area contributed by atoms with Crippen LogP contribution in [-0.4, -0.2) is 15.0 Å². The topological polar surface area (TPSA) is 50.7 Å². The first-order valence-electron chi connectivity index (χ1n) is 19.7. The van der Waals surface area contributed by atoms with Gasteiger partial charge in [-0.1, -0.05) is 166 Å². The average molecular weight is 745 g/mol. The second kappa shape index (κ2) is 14.3. The summed E-state index contributed by atoms with van der Waals surface area (Å²) in [6.07, 6.45) is 0. The molecule has 58 heavy (non-hydrogen) atoms. The maximum Gasteiger partial charge on any atom is 0.164 e. The van der Waals surface area contributed by atoms with Crippen molar-refractivity contribution in [2.75, 3.05) is 5.32 Å². The summed E-state index contributed by atoms with van der Waals surface area (Å²) < 4.78 is 0. The predicted octanol–water partition coefficient (Wildman–Crippen LogP) is 13.8. The summed E-state index contributed by atoms with van der Waals surface area (Å²) in [6, 6.07) is 65.9. The van der Waals surface area contributed by atoms with Crippen molar-refractivity contribution in [3.63, 3.8) is 0 Å². The van der Waals surface area contributed by atoms with Crippen molar-refractivity contribution in [3.8, 4) is 56.4 Å². The maximum absolute atomic E-state index is 5.03. The zero-order chi connectivity index (χ0) is 39.2. The van der Waals surface area contributed by atoms with Crippen LogP contribution >= 0.6 is 0 Å². The Morgan fingerprint density at radius 1 is 0.448 bits per heavy atom. The summed E-state index contributed by atoms with van der Waals surface area (Å²) in [5.74, 6) is 1.98. The Labute approximate surface area is 339 Å². The van der Waals surface area contributed by atoms with Crippen molar-refractivity contribution in [1.29, 1.82) is 0 Å². The van der Waals surface area contributed by atoms with Crippen LogP contribution in [-0.2, 0) is 5.41 Å². The predicted molar refractivity (Wildman–Crippen MR) is 241 cm³/mol. The van der Waals surface area contributed by atoms with Gasteiger partial charge in [-0.3, -0.25) is 0 Å². The number of fused-ring (bicyclic) bond motifs is 4. The second-order valence-electron chi connectivity index (χ2n) is 15.5. The molecule has 0 saturated carbocycles. The molecule has 0 fully saturated rings. The van der Waals surface area contributed by atoms with Crippen molar-refractivity contribution in [3.05, 3.63) is 217 Å². The lowest BCUT2D eigenvalue weighted by Crippen LogP contribution is -2.15. The lowest BCUT2D eigenvalue weighted by molar-refractivity contribution is 0.661. The van der Waals surface area contributed by atoms with E-state index in [9.17, 15) is 0 Å². The molecule has 4 heteroatoms. The smallest absolute Gasteiger partial charge is 0.164 e. The molecule has 0 atom stereocenters. The largest absolute Gasteiger partial charge is 0.355 e. The number of anilines is 2. The van der Waals surface area contributed by atoms with Gasteiger partial charge in [0.2, 0.25) is 0 Å². The molecule has 1 aliphatic carbocycles. The Kier molecular flexibility index (Phi) is 8.61. The molecule has 4 nitrogen and oxygen atoms in total. The van der Waals surface area contributed by atoms with Gasteiger partial charge < -0.3 is 5.32 Å². The summed E-state index contributed by atoms with van der Waals surface area (Å²) >= 11 is 0. The first-order valence-corrected chi connectivity index (χ1v) is 19.7. The number of hydrogen-bond acceptors (Lipinski definition) is 4. The standard InChI is InChI=1S/C54H40N4/c1-35(47-31-40-20-13-14-21-41(40)34-50(47)55-44-24-11-6-12-25-44)38-22-15-23-39(30-38)42-26-28-45-46-29-27-43(33-49(46)54(2,3)48(45)32-42)53-57-51(36-16-7-4-8-17-36)56-52(58-53)37-18-9-5-10-19-37/h4-34,55H,1H2,2-3H3. The van der Waals surface area contributed by atoms with Crippen molar-refractivity contribution >= 4 is 27.7 Å². The summed E-state index contributed by atoms with van der Waals surface area (Å²) in [5.41, 5.74) is 15.2. The number of aromatic nitrogens is 3. The normalized spacial score (nSPS) is 12.5. The quantitative estimate of drug-likeness (QED) is 0.168. The second-order valence-corrected chi connectivity index (χ2v) is 15.5. The number of rotatable bonds is 8. The van der Waals surface area contributed by atoms with Crippen LogP contribution in [0.15, 0.2) is 195 Å². The minimum atomic E-state index is -0.251. The molecule has 0 bridgehead atoms. The molecule has 0 amide bonds. The molecule has 8 aromatic carbocycles. The molecule has 276 valence electrons. The van der Waals surface area contributed by atoms with Gasteiger partial charge in [-0.25, -0.2) is 15.0 Å². The summed E-state index contributed by atoms with van der Waals surface area (Å²) in [6.45, 7) is 9.32. The zero-order valence-electron chi connectivity index (χ0n) is 32.4. The average Bonchev–Trinajstić information content (AvgIpc) is 3.51. The fraction of sp³-hybridized carbons (Fsp3) is 0.0556. The SMILES string of the molecule is C=C(c1cccc(-c2ccc3c(c2)C(C)(C)c2cc(-c4nc(-c5ccccc5)nc(-c5ccccc5)n4)ccc2-3)c1)c1cc2ccccc2cc1Nc1ccccc1. The van der Waals surface area contributed by atoms with E-state index in [4.69, 9.17) is 15.0 Å². The highest BCUT2D eigenvalue weighted by Crippen LogP contribution is 2.50. The van der Waals surface area contributed by atoms with E-state index in [0.717, 1.165) is 50.3 Å². The van der Waals surface area contributed by atoms with Crippen LogP contribution in [0, 0.1) is 0 Å². The van der Waals surface area contributed by atoms with Crippen LogP contribution in [0.1, 0.15) is 36.1 Å². The van der Waals surface area contributed by atoms with Crippen LogP contribution in [0.5, 0.6) is 0 Å². The third kappa shape index (κ3) is 6.35. The van der Waals surface area contributed by atoms with Gasteiger partial charge in [0.25, 0.3) is 0 Å². The van der Waals surface area contributed by atoms with Gasteiger partial charge in [0.05, 0.1) is 0 Å². The minimum Gasteiger partial charge on any atom is -0.355 e. The van der Waals surface area contributed by atoms with Crippen LogP contribution in [0.4, 0.5) is 11.4 Å². The number of nitrogens with one attached hydrogen (secondary N) is 1. The molecule has 1 heterocycles.